The van der Waals surface area contributed by atoms with Crippen LogP contribution in [0.5, 0.6) is 0 Å². The number of hydrogen-bond donors (Lipinski definition) is 0. The predicted octanol–water partition coefficient (Wildman–Crippen LogP) is 4.00. The summed E-state index contributed by atoms with van der Waals surface area (Å²) in [4.78, 5) is -0.0392. The van der Waals surface area contributed by atoms with Gasteiger partial charge in [-0.05, 0) is 60.4 Å². The maximum Gasteiger partial charge on any atom is 0.243 e. The molecule has 8 heteroatoms. The molecule has 0 bridgehead atoms. The molecule has 3 aromatic carbocycles. The molecule has 6 nitrogen and oxygen atoms in total. The fourth-order valence-corrected chi connectivity index (χ4v) is 6.73. The topological polar surface area (TPSA) is 74.8 Å². The Morgan fingerprint density at radius 1 is 0.774 bits per heavy atom. The molecule has 31 heavy (non-hydrogen) atoms. The van der Waals surface area contributed by atoms with Crippen LogP contribution in [0.2, 0.25) is 0 Å². The lowest BCUT2D eigenvalue weighted by molar-refractivity contribution is 0.334. The minimum absolute atomic E-state index is 0.00466. The Kier molecular flexibility index (Phi) is 5.68. The lowest BCUT2D eigenvalue weighted by Crippen LogP contribution is -2.35. The zero-order chi connectivity index (χ0) is 22.4. The van der Waals surface area contributed by atoms with Crippen LogP contribution in [0.4, 0.5) is 0 Å². The van der Waals surface area contributed by atoms with E-state index in [4.69, 9.17) is 0 Å². The van der Waals surface area contributed by atoms with Gasteiger partial charge in [0.15, 0.2) is 0 Å². The van der Waals surface area contributed by atoms with Crippen LogP contribution in [0.1, 0.15) is 31.4 Å². The first kappa shape index (κ1) is 22.0. The summed E-state index contributed by atoms with van der Waals surface area (Å²) in [6.07, 6.45) is 1.60. The van der Waals surface area contributed by atoms with Gasteiger partial charge in [0, 0.05) is 26.2 Å². The van der Waals surface area contributed by atoms with Crippen molar-refractivity contribution >= 4 is 30.8 Å². The lowest BCUT2D eigenvalue weighted by Gasteiger charge is -2.29. The van der Waals surface area contributed by atoms with Gasteiger partial charge in [-0.3, -0.25) is 0 Å². The quantitative estimate of drug-likeness (QED) is 0.536. The second-order valence-corrected chi connectivity index (χ2v) is 12.1. The van der Waals surface area contributed by atoms with E-state index in [0.29, 0.717) is 0 Å². The summed E-state index contributed by atoms with van der Waals surface area (Å²) in [5.41, 5.74) is 0.909. The maximum atomic E-state index is 13.7. The minimum Gasteiger partial charge on any atom is -0.207 e. The van der Waals surface area contributed by atoms with Crippen molar-refractivity contribution in [2.24, 2.45) is 0 Å². The molecule has 4 rings (SSSR count). The molecule has 0 aromatic heterocycles. The second-order valence-electron chi connectivity index (χ2n) is 8.11. The summed E-state index contributed by atoms with van der Waals surface area (Å²) < 4.78 is 55.0. The van der Waals surface area contributed by atoms with Gasteiger partial charge in [0.25, 0.3) is 0 Å². The Bertz CT molecular complexity index is 1330. The minimum atomic E-state index is -3.90. The van der Waals surface area contributed by atoms with Crippen molar-refractivity contribution in [1.82, 2.24) is 8.61 Å². The van der Waals surface area contributed by atoms with Gasteiger partial charge in [0.05, 0.1) is 9.79 Å². The number of hydrogen-bond acceptors (Lipinski definition) is 4. The standard InChI is InChI=1S/C23H26N2O4S2/c1-17(19-12-11-18-7-4-5-8-20(18)15-19)25(21-13-14-21)31(28,29)23-10-6-9-22(16-23)30(26,27)24(2)3/h4-12,15-17,21H,13-14H2,1-3H3/t17-/m1/s1. The van der Waals surface area contributed by atoms with E-state index in [9.17, 15) is 16.8 Å². The van der Waals surface area contributed by atoms with Crippen molar-refractivity contribution < 1.29 is 16.8 Å². The van der Waals surface area contributed by atoms with Gasteiger partial charge in [0.2, 0.25) is 20.0 Å². The molecular weight excluding hydrogens is 432 g/mol. The van der Waals surface area contributed by atoms with Crippen LogP contribution >= 0.6 is 0 Å². The van der Waals surface area contributed by atoms with Crippen molar-refractivity contribution in [3.8, 4) is 0 Å². The number of fused-ring (bicyclic) bond motifs is 1. The van der Waals surface area contributed by atoms with Crippen molar-refractivity contribution in [3.05, 3.63) is 72.3 Å². The molecule has 0 spiro atoms. The molecule has 0 aliphatic heterocycles. The van der Waals surface area contributed by atoms with E-state index in [2.05, 4.69) is 0 Å². The Morgan fingerprint density at radius 2 is 1.39 bits per heavy atom. The highest BCUT2D eigenvalue weighted by Gasteiger charge is 2.42. The number of rotatable bonds is 7. The van der Waals surface area contributed by atoms with Crippen LogP contribution < -0.4 is 0 Å². The van der Waals surface area contributed by atoms with Gasteiger partial charge in [0.1, 0.15) is 0 Å². The average molecular weight is 459 g/mol. The smallest absolute Gasteiger partial charge is 0.207 e. The van der Waals surface area contributed by atoms with Gasteiger partial charge >= 0.3 is 0 Å². The zero-order valence-electron chi connectivity index (χ0n) is 17.8. The van der Waals surface area contributed by atoms with Crippen molar-refractivity contribution in [2.75, 3.05) is 14.1 Å². The molecule has 3 aromatic rings. The molecule has 1 fully saturated rings. The van der Waals surface area contributed by atoms with E-state index in [-0.39, 0.29) is 21.9 Å². The highest BCUT2D eigenvalue weighted by Crippen LogP contribution is 2.39. The van der Waals surface area contributed by atoms with Crippen molar-refractivity contribution in [2.45, 2.75) is 41.6 Å². The van der Waals surface area contributed by atoms with E-state index in [1.807, 2.05) is 49.4 Å². The van der Waals surface area contributed by atoms with Crippen LogP contribution in [-0.4, -0.2) is 45.6 Å². The number of nitrogens with zero attached hydrogens (tertiary/aromatic N) is 2. The average Bonchev–Trinajstić information content (AvgIpc) is 3.58. The monoisotopic (exact) mass is 458 g/mol. The number of benzene rings is 3. The van der Waals surface area contributed by atoms with Gasteiger partial charge in [-0.15, -0.1) is 0 Å². The zero-order valence-corrected chi connectivity index (χ0v) is 19.4. The first-order chi connectivity index (χ1) is 14.6. The highest BCUT2D eigenvalue weighted by molar-refractivity contribution is 7.90. The molecular formula is C23H26N2O4S2. The Labute approximate surface area is 184 Å². The van der Waals surface area contributed by atoms with E-state index in [1.165, 1.54) is 38.4 Å². The molecule has 0 saturated heterocycles. The molecule has 0 heterocycles. The molecule has 1 aliphatic rings. The van der Waals surface area contributed by atoms with Crippen LogP contribution in [0.15, 0.2) is 76.5 Å². The van der Waals surface area contributed by atoms with E-state index >= 15 is 0 Å². The van der Waals surface area contributed by atoms with E-state index in [0.717, 1.165) is 33.5 Å². The third-order valence-electron chi connectivity index (χ3n) is 5.70. The van der Waals surface area contributed by atoms with Gasteiger partial charge < -0.3 is 0 Å². The van der Waals surface area contributed by atoms with Crippen molar-refractivity contribution in [3.63, 3.8) is 0 Å². The molecule has 0 amide bonds. The summed E-state index contributed by atoms with van der Waals surface area (Å²) in [6, 6.07) is 19.1. The second kappa shape index (κ2) is 8.02. The molecule has 0 radical (unpaired) electrons. The first-order valence-electron chi connectivity index (χ1n) is 10.2. The van der Waals surface area contributed by atoms with Crippen LogP contribution in [0, 0.1) is 0 Å². The fourth-order valence-electron chi connectivity index (χ4n) is 3.79. The predicted molar refractivity (Wildman–Crippen MR) is 122 cm³/mol. The Balaban J connectivity index is 1.75. The largest absolute Gasteiger partial charge is 0.243 e. The molecule has 1 saturated carbocycles. The van der Waals surface area contributed by atoms with Crippen molar-refractivity contribution in [1.29, 1.82) is 0 Å². The molecule has 1 atom stereocenters. The third-order valence-corrected chi connectivity index (χ3v) is 9.53. The molecule has 164 valence electrons. The van der Waals surface area contributed by atoms with Gasteiger partial charge in [-0.25, -0.2) is 21.1 Å². The van der Waals surface area contributed by atoms with E-state index < -0.39 is 20.0 Å². The fraction of sp³-hybridized carbons (Fsp3) is 0.304. The lowest BCUT2D eigenvalue weighted by atomic mass is 10.0. The summed E-state index contributed by atoms with van der Waals surface area (Å²) in [5, 5.41) is 2.15. The number of sulfonamides is 2. The Hall–Kier alpha value is -2.26. The van der Waals surface area contributed by atoms with Crippen LogP contribution in [-0.2, 0) is 20.0 Å². The summed E-state index contributed by atoms with van der Waals surface area (Å²) in [6.45, 7) is 1.89. The molecule has 1 aliphatic carbocycles. The van der Waals surface area contributed by atoms with Gasteiger partial charge in [-0.1, -0.05) is 42.5 Å². The summed E-state index contributed by atoms with van der Waals surface area (Å²) in [5.74, 6) is 0. The summed E-state index contributed by atoms with van der Waals surface area (Å²) in [7, 11) is -4.78. The SMILES string of the molecule is C[C@H](c1ccc2ccccc2c1)N(C1CC1)S(=O)(=O)c1cccc(S(=O)(=O)N(C)C)c1. The third kappa shape index (κ3) is 4.13. The highest BCUT2D eigenvalue weighted by atomic mass is 32.2. The Morgan fingerprint density at radius 3 is 2.00 bits per heavy atom. The maximum absolute atomic E-state index is 13.7. The normalized spacial score (nSPS) is 16.2. The van der Waals surface area contributed by atoms with Crippen LogP contribution in [0.25, 0.3) is 10.8 Å². The van der Waals surface area contributed by atoms with E-state index in [1.54, 1.807) is 4.31 Å². The molecule has 0 N–H and O–H groups in total. The first-order valence-corrected chi connectivity index (χ1v) is 13.1. The van der Waals surface area contributed by atoms with Gasteiger partial charge in [-0.2, -0.15) is 4.31 Å². The summed E-state index contributed by atoms with van der Waals surface area (Å²) >= 11 is 0. The molecule has 0 unspecified atom stereocenters. The van der Waals surface area contributed by atoms with Crippen LogP contribution in [0.3, 0.4) is 0 Å².